The molecule has 0 spiro atoms. The van der Waals surface area contributed by atoms with E-state index in [-0.39, 0.29) is 0 Å². The minimum Gasteiger partial charge on any atom is -0.332 e. The lowest BCUT2D eigenvalue weighted by Gasteiger charge is -1.95. The molecule has 2 aromatic rings. The Bertz CT molecular complexity index is 526. The highest BCUT2D eigenvalue weighted by molar-refractivity contribution is 5.46. The third-order valence-corrected chi connectivity index (χ3v) is 3.19. The Balaban J connectivity index is 1.89. The van der Waals surface area contributed by atoms with Gasteiger partial charge in [-0.05, 0) is 24.8 Å². The van der Waals surface area contributed by atoms with Crippen LogP contribution in [0.15, 0.2) is 10.6 Å². The quantitative estimate of drug-likeness (QED) is 0.839. The number of hydrogen-bond acceptors (Lipinski definition) is 4. The van der Waals surface area contributed by atoms with Crippen LogP contribution in [-0.2, 0) is 0 Å². The summed E-state index contributed by atoms with van der Waals surface area (Å²) in [6.07, 6.45) is 1.13. The predicted octanol–water partition coefficient (Wildman–Crippen LogP) is 2.28. The molecule has 0 aromatic carbocycles. The monoisotopic (exact) mass is 218 g/mol. The number of hydrogen-bond donors (Lipinski definition) is 1. The number of nitrogens with one attached hydrogen (secondary N) is 1. The van der Waals surface area contributed by atoms with Crippen LogP contribution in [-0.4, -0.2) is 20.3 Å². The third kappa shape index (κ3) is 1.43. The fraction of sp³-hybridized carbons (Fsp3) is 0.545. The standard InChI is InChI=1S/C11H14N4O/c1-6-4-8(14-13-6)10-12-9(15-16-10)7-5-11(7,2)3/h4,7H,5H2,1-3H3,(H,13,14). The van der Waals surface area contributed by atoms with Crippen LogP contribution in [0.4, 0.5) is 0 Å². The van der Waals surface area contributed by atoms with Gasteiger partial charge in [-0.1, -0.05) is 19.0 Å². The number of aromatic amines is 1. The fourth-order valence-corrected chi connectivity index (χ4v) is 1.92. The van der Waals surface area contributed by atoms with Crippen LogP contribution in [0.1, 0.15) is 37.7 Å². The molecule has 0 bridgehead atoms. The summed E-state index contributed by atoms with van der Waals surface area (Å²) in [7, 11) is 0. The van der Waals surface area contributed by atoms with Gasteiger partial charge in [0.2, 0.25) is 0 Å². The van der Waals surface area contributed by atoms with Crippen LogP contribution in [0.25, 0.3) is 11.6 Å². The Hall–Kier alpha value is -1.65. The molecule has 0 amide bonds. The fourth-order valence-electron chi connectivity index (χ4n) is 1.92. The van der Waals surface area contributed by atoms with Gasteiger partial charge >= 0.3 is 0 Å². The van der Waals surface area contributed by atoms with Crippen molar-refractivity contribution >= 4 is 0 Å². The highest BCUT2D eigenvalue weighted by Crippen LogP contribution is 2.57. The van der Waals surface area contributed by atoms with Gasteiger partial charge in [-0.2, -0.15) is 10.1 Å². The Morgan fingerprint density at radius 1 is 1.50 bits per heavy atom. The molecule has 5 nitrogen and oxygen atoms in total. The minimum atomic E-state index is 0.322. The second kappa shape index (κ2) is 2.93. The molecule has 1 N–H and O–H groups in total. The molecule has 16 heavy (non-hydrogen) atoms. The molecule has 1 atom stereocenters. The maximum Gasteiger partial charge on any atom is 0.278 e. The van der Waals surface area contributed by atoms with Crippen molar-refractivity contribution in [2.75, 3.05) is 0 Å². The maximum absolute atomic E-state index is 5.22. The average Bonchev–Trinajstić information content (AvgIpc) is 2.67. The van der Waals surface area contributed by atoms with Gasteiger partial charge < -0.3 is 4.52 Å². The Morgan fingerprint density at radius 2 is 2.25 bits per heavy atom. The van der Waals surface area contributed by atoms with Crippen molar-refractivity contribution in [2.45, 2.75) is 33.1 Å². The number of rotatable bonds is 2. The van der Waals surface area contributed by atoms with Crippen LogP contribution >= 0.6 is 0 Å². The Labute approximate surface area is 93.3 Å². The summed E-state index contributed by atoms with van der Waals surface area (Å²) in [6.45, 7) is 6.37. The summed E-state index contributed by atoms with van der Waals surface area (Å²) < 4.78 is 5.22. The molecule has 2 aromatic heterocycles. The SMILES string of the molecule is Cc1cc(-c2nc(C3CC3(C)C)no2)n[nH]1. The molecule has 1 saturated carbocycles. The molecule has 3 rings (SSSR count). The lowest BCUT2D eigenvalue weighted by molar-refractivity contribution is 0.418. The Morgan fingerprint density at radius 3 is 2.81 bits per heavy atom. The molecule has 2 heterocycles. The van der Waals surface area contributed by atoms with Crippen molar-refractivity contribution in [1.29, 1.82) is 0 Å². The van der Waals surface area contributed by atoms with E-state index in [1.54, 1.807) is 0 Å². The zero-order valence-corrected chi connectivity index (χ0v) is 9.61. The number of aromatic nitrogens is 4. The van der Waals surface area contributed by atoms with Crippen LogP contribution < -0.4 is 0 Å². The smallest absolute Gasteiger partial charge is 0.278 e. The van der Waals surface area contributed by atoms with Crippen LogP contribution in [0, 0.1) is 12.3 Å². The summed E-state index contributed by atoms with van der Waals surface area (Å²) in [4.78, 5) is 4.39. The first-order valence-corrected chi connectivity index (χ1v) is 5.42. The second-order valence-electron chi connectivity index (χ2n) is 5.14. The van der Waals surface area contributed by atoms with E-state index in [4.69, 9.17) is 4.52 Å². The third-order valence-electron chi connectivity index (χ3n) is 3.19. The summed E-state index contributed by atoms with van der Waals surface area (Å²) in [5.41, 5.74) is 2.03. The highest BCUT2D eigenvalue weighted by Gasteiger charge is 2.49. The Kier molecular flexibility index (Phi) is 1.75. The van der Waals surface area contributed by atoms with Crippen molar-refractivity contribution in [3.63, 3.8) is 0 Å². The van der Waals surface area contributed by atoms with Crippen LogP contribution in [0.3, 0.4) is 0 Å². The van der Waals surface area contributed by atoms with E-state index >= 15 is 0 Å². The second-order valence-corrected chi connectivity index (χ2v) is 5.14. The molecule has 5 heteroatoms. The highest BCUT2D eigenvalue weighted by atomic mass is 16.5. The predicted molar refractivity (Wildman–Crippen MR) is 57.8 cm³/mol. The van der Waals surface area contributed by atoms with Gasteiger partial charge in [-0.25, -0.2) is 0 Å². The molecular formula is C11H14N4O. The van der Waals surface area contributed by atoms with Gasteiger partial charge in [0.05, 0.1) is 0 Å². The molecule has 1 fully saturated rings. The van der Waals surface area contributed by atoms with E-state index in [0.29, 0.717) is 17.2 Å². The minimum absolute atomic E-state index is 0.322. The van der Waals surface area contributed by atoms with Gasteiger partial charge in [-0.15, -0.1) is 0 Å². The molecule has 0 saturated heterocycles. The van der Waals surface area contributed by atoms with Crippen LogP contribution in [0.5, 0.6) is 0 Å². The van der Waals surface area contributed by atoms with Gasteiger partial charge in [-0.3, -0.25) is 5.10 Å². The average molecular weight is 218 g/mol. The van der Waals surface area contributed by atoms with Crippen LogP contribution in [0.2, 0.25) is 0 Å². The lowest BCUT2D eigenvalue weighted by atomic mass is 10.1. The number of H-pyrrole nitrogens is 1. The molecule has 1 aliphatic rings. The van der Waals surface area contributed by atoms with E-state index in [9.17, 15) is 0 Å². The lowest BCUT2D eigenvalue weighted by Crippen LogP contribution is -1.91. The number of aryl methyl sites for hydroxylation is 1. The molecule has 1 aliphatic carbocycles. The number of nitrogens with zero attached hydrogens (tertiary/aromatic N) is 3. The van der Waals surface area contributed by atoms with Crippen molar-refractivity contribution in [1.82, 2.24) is 20.3 Å². The van der Waals surface area contributed by atoms with E-state index in [1.165, 1.54) is 0 Å². The van der Waals surface area contributed by atoms with Crippen molar-refractivity contribution in [2.24, 2.45) is 5.41 Å². The van der Waals surface area contributed by atoms with Gasteiger partial charge in [0, 0.05) is 11.6 Å². The molecule has 1 unspecified atom stereocenters. The van der Waals surface area contributed by atoms with E-state index < -0.39 is 0 Å². The van der Waals surface area contributed by atoms with E-state index in [2.05, 4.69) is 34.2 Å². The van der Waals surface area contributed by atoms with Gasteiger partial charge in [0.1, 0.15) is 0 Å². The summed E-state index contributed by atoms with van der Waals surface area (Å²) in [5, 5.41) is 11.0. The molecule has 0 aliphatic heterocycles. The largest absolute Gasteiger partial charge is 0.332 e. The van der Waals surface area contributed by atoms with Gasteiger partial charge in [0.25, 0.3) is 5.89 Å². The topological polar surface area (TPSA) is 67.6 Å². The first-order valence-electron chi connectivity index (χ1n) is 5.42. The first-order chi connectivity index (χ1) is 7.56. The zero-order valence-electron chi connectivity index (χ0n) is 9.61. The molecular weight excluding hydrogens is 204 g/mol. The van der Waals surface area contributed by atoms with Gasteiger partial charge in [0.15, 0.2) is 11.5 Å². The molecule has 0 radical (unpaired) electrons. The zero-order chi connectivity index (χ0) is 11.3. The van der Waals surface area contributed by atoms with E-state index in [1.807, 2.05) is 13.0 Å². The van der Waals surface area contributed by atoms with Crippen molar-refractivity contribution in [3.8, 4) is 11.6 Å². The maximum atomic E-state index is 5.22. The summed E-state index contributed by atoms with van der Waals surface area (Å²) in [6, 6.07) is 1.90. The normalized spacial score (nSPS) is 22.3. The summed E-state index contributed by atoms with van der Waals surface area (Å²) in [5.74, 6) is 1.74. The van der Waals surface area contributed by atoms with E-state index in [0.717, 1.165) is 23.6 Å². The first kappa shape index (κ1) is 9.57. The van der Waals surface area contributed by atoms with Crippen molar-refractivity contribution < 1.29 is 4.52 Å². The summed E-state index contributed by atoms with van der Waals surface area (Å²) >= 11 is 0. The molecule has 84 valence electrons. The van der Waals surface area contributed by atoms with Crippen molar-refractivity contribution in [3.05, 3.63) is 17.6 Å².